The molecular weight excluding hydrogens is 434 g/mol. The second-order valence-electron chi connectivity index (χ2n) is 8.70. The van der Waals surface area contributed by atoms with Crippen molar-refractivity contribution in [3.05, 3.63) is 47.1 Å². The first-order chi connectivity index (χ1) is 16.2. The Morgan fingerprint density at radius 3 is 2.88 bits per heavy atom. The van der Waals surface area contributed by atoms with Crippen molar-refractivity contribution in [2.24, 2.45) is 0 Å². The number of fused-ring (bicyclic) bond motifs is 1. The maximum atomic E-state index is 13.1. The van der Waals surface area contributed by atoms with E-state index in [9.17, 15) is 4.79 Å². The highest BCUT2D eigenvalue weighted by Gasteiger charge is 2.22. The number of hydrogen-bond donors (Lipinski definition) is 2. The summed E-state index contributed by atoms with van der Waals surface area (Å²) in [6.45, 7) is 7.76. The van der Waals surface area contributed by atoms with E-state index in [1.54, 1.807) is 13.3 Å². The quantitative estimate of drug-likeness (QED) is 0.445. The Morgan fingerprint density at radius 1 is 1.27 bits per heavy atom. The first-order valence-corrected chi connectivity index (χ1v) is 12.8. The first-order valence-electron chi connectivity index (χ1n) is 12.0. The van der Waals surface area contributed by atoms with Gasteiger partial charge in [-0.15, -0.1) is 0 Å². The predicted octanol–water partition coefficient (Wildman–Crippen LogP) is 3.92. The van der Waals surface area contributed by atoms with Gasteiger partial charge in [0.1, 0.15) is 4.88 Å². The summed E-state index contributed by atoms with van der Waals surface area (Å²) in [5.41, 5.74) is 2.39. The Morgan fingerprint density at radius 2 is 2.09 bits per heavy atom. The molecule has 33 heavy (non-hydrogen) atoms. The van der Waals surface area contributed by atoms with Crippen molar-refractivity contribution in [1.29, 1.82) is 0 Å². The van der Waals surface area contributed by atoms with E-state index < -0.39 is 0 Å². The van der Waals surface area contributed by atoms with Crippen LogP contribution >= 0.6 is 11.3 Å². The van der Waals surface area contributed by atoms with Gasteiger partial charge in [0.25, 0.3) is 5.91 Å². The maximum Gasteiger partial charge on any atom is 0.263 e. The monoisotopic (exact) mass is 469 g/mol. The molecule has 8 heteroatoms. The maximum absolute atomic E-state index is 13.1. The molecule has 1 aliphatic heterocycles. The van der Waals surface area contributed by atoms with Gasteiger partial charge in [0.15, 0.2) is 5.13 Å². The number of para-hydroxylation sites is 1. The summed E-state index contributed by atoms with van der Waals surface area (Å²) in [5, 5.41) is 5.47. The van der Waals surface area contributed by atoms with Gasteiger partial charge in [0, 0.05) is 63.0 Å². The van der Waals surface area contributed by atoms with Crippen molar-refractivity contribution >= 4 is 33.3 Å². The summed E-state index contributed by atoms with van der Waals surface area (Å²) in [4.78, 5) is 26.4. The van der Waals surface area contributed by atoms with E-state index in [1.807, 2.05) is 6.07 Å². The van der Waals surface area contributed by atoms with Crippen LogP contribution in [-0.2, 0) is 11.2 Å². The number of nitrogens with zero attached hydrogens (tertiary/aromatic N) is 3. The number of carbonyl (C=O) groups excluding carboxylic acids is 1. The highest BCUT2D eigenvalue weighted by molar-refractivity contribution is 7.17. The summed E-state index contributed by atoms with van der Waals surface area (Å²) >= 11 is 1.50. The lowest BCUT2D eigenvalue weighted by atomic mass is 10.0. The molecule has 0 aliphatic carbocycles. The molecule has 1 fully saturated rings. The molecule has 0 radical (unpaired) electrons. The number of H-pyrrole nitrogens is 1. The Balaban J connectivity index is 1.37. The third kappa shape index (κ3) is 6.13. The minimum Gasteiger partial charge on any atom is -0.383 e. The number of aromatic nitrogens is 2. The molecule has 178 valence electrons. The highest BCUT2D eigenvalue weighted by Crippen LogP contribution is 2.25. The summed E-state index contributed by atoms with van der Waals surface area (Å²) in [5.74, 6) is -0.0153. The fraction of sp³-hybridized carbons (Fsp3) is 0.520. The van der Waals surface area contributed by atoms with Gasteiger partial charge in [-0.3, -0.25) is 9.69 Å². The van der Waals surface area contributed by atoms with Gasteiger partial charge in [0.05, 0.1) is 12.8 Å². The van der Waals surface area contributed by atoms with E-state index >= 15 is 0 Å². The molecule has 0 spiro atoms. The van der Waals surface area contributed by atoms with Crippen molar-refractivity contribution < 1.29 is 9.53 Å². The molecule has 4 rings (SSSR count). The van der Waals surface area contributed by atoms with Crippen molar-refractivity contribution in [2.45, 2.75) is 38.6 Å². The number of anilines is 1. The van der Waals surface area contributed by atoms with Gasteiger partial charge in [-0.05, 0) is 24.5 Å². The van der Waals surface area contributed by atoms with Crippen LogP contribution in [0.15, 0.2) is 36.7 Å². The number of aromatic amines is 1. The van der Waals surface area contributed by atoms with Crippen molar-refractivity contribution in [3.63, 3.8) is 0 Å². The number of unbranched alkanes of at least 4 members (excludes halogenated alkanes) is 1. The Hall–Kier alpha value is -2.42. The SMILES string of the molecule is CCCCC(Cc1c[nH]c2ccccc12)NC(=O)c1cnc(N2CCN(CCOC)CC2)s1. The molecule has 1 unspecified atom stereocenters. The number of rotatable bonds is 11. The van der Waals surface area contributed by atoms with E-state index in [-0.39, 0.29) is 11.9 Å². The highest BCUT2D eigenvalue weighted by atomic mass is 32.1. The van der Waals surface area contributed by atoms with Gasteiger partial charge in [-0.1, -0.05) is 49.3 Å². The van der Waals surface area contributed by atoms with Gasteiger partial charge in [-0.2, -0.15) is 0 Å². The molecule has 0 saturated carbocycles. The van der Waals surface area contributed by atoms with Crippen LogP contribution in [0.25, 0.3) is 10.9 Å². The topological polar surface area (TPSA) is 73.5 Å². The normalized spacial score (nSPS) is 15.8. The van der Waals surface area contributed by atoms with Crippen LogP contribution in [0.3, 0.4) is 0 Å². The molecule has 1 atom stereocenters. The second kappa shape index (κ2) is 11.6. The molecule has 7 nitrogen and oxygen atoms in total. The third-order valence-corrected chi connectivity index (χ3v) is 7.41. The van der Waals surface area contributed by atoms with Crippen LogP contribution in [0, 0.1) is 0 Å². The molecule has 1 aliphatic rings. The average Bonchev–Trinajstić information content (AvgIpc) is 3.50. The summed E-state index contributed by atoms with van der Waals surface area (Å²) in [6.07, 6.45) is 7.81. The molecule has 1 saturated heterocycles. The first kappa shape index (κ1) is 23.7. The lowest BCUT2D eigenvalue weighted by Gasteiger charge is -2.34. The van der Waals surface area contributed by atoms with Gasteiger partial charge >= 0.3 is 0 Å². The predicted molar refractivity (Wildman–Crippen MR) is 135 cm³/mol. The fourth-order valence-corrected chi connectivity index (χ4v) is 5.27. The average molecular weight is 470 g/mol. The molecule has 2 aromatic heterocycles. The molecule has 3 aromatic rings. The number of amides is 1. The lowest BCUT2D eigenvalue weighted by Crippen LogP contribution is -2.47. The Bertz CT molecular complexity index is 1020. The zero-order valence-corrected chi connectivity index (χ0v) is 20.5. The van der Waals surface area contributed by atoms with Crippen LogP contribution in [0.5, 0.6) is 0 Å². The molecule has 1 aromatic carbocycles. The lowest BCUT2D eigenvalue weighted by molar-refractivity contribution is 0.0938. The van der Waals surface area contributed by atoms with Crippen molar-refractivity contribution in [3.8, 4) is 0 Å². The Kier molecular flexibility index (Phi) is 8.36. The summed E-state index contributed by atoms with van der Waals surface area (Å²) in [6, 6.07) is 8.44. The Labute approximate surface area is 200 Å². The fourth-order valence-electron chi connectivity index (χ4n) is 4.40. The molecule has 2 N–H and O–H groups in total. The van der Waals surface area contributed by atoms with Crippen LogP contribution in [0.1, 0.15) is 41.4 Å². The van der Waals surface area contributed by atoms with Crippen molar-refractivity contribution in [2.75, 3.05) is 51.3 Å². The van der Waals surface area contributed by atoms with Crippen LogP contribution in [0.2, 0.25) is 0 Å². The van der Waals surface area contributed by atoms with E-state index in [4.69, 9.17) is 4.74 Å². The summed E-state index contributed by atoms with van der Waals surface area (Å²) < 4.78 is 5.18. The van der Waals surface area contributed by atoms with Crippen LogP contribution < -0.4 is 10.2 Å². The third-order valence-electron chi connectivity index (χ3n) is 6.35. The van der Waals surface area contributed by atoms with Gasteiger partial charge in [0.2, 0.25) is 0 Å². The summed E-state index contributed by atoms with van der Waals surface area (Å²) in [7, 11) is 1.74. The number of hydrogen-bond acceptors (Lipinski definition) is 6. The van der Waals surface area contributed by atoms with Crippen LogP contribution in [-0.4, -0.2) is 73.3 Å². The number of ether oxygens (including phenoxy) is 1. The number of thiazole rings is 1. The van der Waals surface area contributed by atoms with Gasteiger partial charge < -0.3 is 19.9 Å². The number of methoxy groups -OCH3 is 1. The van der Waals surface area contributed by atoms with E-state index in [2.05, 4.69) is 56.4 Å². The smallest absolute Gasteiger partial charge is 0.263 e. The molecular formula is C25H35N5O2S. The molecule has 3 heterocycles. The minimum absolute atomic E-state index is 0.0153. The number of piperazine rings is 1. The molecule has 0 bridgehead atoms. The number of nitrogens with one attached hydrogen (secondary N) is 2. The van der Waals surface area contributed by atoms with E-state index in [0.717, 1.165) is 75.7 Å². The van der Waals surface area contributed by atoms with Crippen LogP contribution in [0.4, 0.5) is 5.13 Å². The number of carbonyl (C=O) groups is 1. The zero-order valence-electron chi connectivity index (χ0n) is 19.7. The van der Waals surface area contributed by atoms with Crippen molar-refractivity contribution in [1.82, 2.24) is 20.2 Å². The van der Waals surface area contributed by atoms with E-state index in [1.165, 1.54) is 22.3 Å². The molecule has 1 amide bonds. The largest absolute Gasteiger partial charge is 0.383 e. The second-order valence-corrected chi connectivity index (χ2v) is 9.71. The zero-order chi connectivity index (χ0) is 23.0. The number of benzene rings is 1. The van der Waals surface area contributed by atoms with E-state index in [0.29, 0.717) is 4.88 Å². The minimum atomic E-state index is -0.0153. The van der Waals surface area contributed by atoms with Gasteiger partial charge in [-0.25, -0.2) is 4.98 Å². The standard InChI is InChI=1S/C25H35N5O2S/c1-3-4-7-20(16-19-17-26-22-9-6-5-8-21(19)22)28-24(31)23-18-27-25(33-23)30-12-10-29(11-13-30)14-15-32-2/h5-6,8-9,17-18,20,26H,3-4,7,10-16H2,1-2H3,(H,28,31).